The summed E-state index contributed by atoms with van der Waals surface area (Å²) >= 11 is 1.70. The molecule has 1 rings (SSSR count). The van der Waals surface area contributed by atoms with Gasteiger partial charge in [-0.1, -0.05) is 11.8 Å². The summed E-state index contributed by atoms with van der Waals surface area (Å²) < 4.78 is 10.6. The highest BCUT2D eigenvalue weighted by molar-refractivity contribution is 8.00. The van der Waals surface area contributed by atoms with Gasteiger partial charge in [0.1, 0.15) is 10.9 Å². The zero-order chi connectivity index (χ0) is 6.85. The molecule has 0 N–H and O–H groups in total. The van der Waals surface area contributed by atoms with E-state index >= 15 is 0 Å². The van der Waals surface area contributed by atoms with Crippen LogP contribution in [-0.4, -0.2) is 17.2 Å². The van der Waals surface area contributed by atoms with Gasteiger partial charge in [-0.2, -0.15) is 0 Å². The van der Waals surface area contributed by atoms with Gasteiger partial charge in [0.15, 0.2) is 6.29 Å². The maximum absolute atomic E-state index is 5.30. The molecule has 1 aliphatic rings. The zero-order valence-electron chi connectivity index (χ0n) is 5.96. The summed E-state index contributed by atoms with van der Waals surface area (Å²) in [5, 5.41) is 0. The molecule has 0 spiro atoms. The zero-order valence-corrected chi connectivity index (χ0v) is 6.77. The predicted molar refractivity (Wildman–Crippen MR) is 38.1 cm³/mol. The molecule has 1 fully saturated rings. The lowest BCUT2D eigenvalue weighted by Crippen LogP contribution is -2.28. The van der Waals surface area contributed by atoms with Crippen molar-refractivity contribution in [1.82, 2.24) is 0 Å². The molecule has 9 heavy (non-hydrogen) atoms. The largest absolute Gasteiger partial charge is 0.339 e. The summed E-state index contributed by atoms with van der Waals surface area (Å²) in [4.78, 5) is 0. The smallest absolute Gasteiger partial charge is 0.157 e. The molecule has 0 bridgehead atoms. The lowest BCUT2D eigenvalue weighted by Gasteiger charge is -2.29. The van der Waals surface area contributed by atoms with Crippen LogP contribution in [0.1, 0.15) is 20.8 Å². The maximum Gasteiger partial charge on any atom is 0.157 e. The molecule has 2 unspecified atom stereocenters. The van der Waals surface area contributed by atoms with E-state index in [4.69, 9.17) is 9.47 Å². The topological polar surface area (TPSA) is 18.5 Å². The third-order valence-corrected chi connectivity index (χ3v) is 2.14. The van der Waals surface area contributed by atoms with Crippen LogP contribution in [0.25, 0.3) is 0 Å². The van der Waals surface area contributed by atoms with Gasteiger partial charge in [-0.05, 0) is 20.8 Å². The maximum atomic E-state index is 5.30. The Kier molecular flexibility index (Phi) is 2.38. The van der Waals surface area contributed by atoms with E-state index in [-0.39, 0.29) is 17.2 Å². The second-order valence-electron chi connectivity index (χ2n) is 2.11. The van der Waals surface area contributed by atoms with Gasteiger partial charge in [0, 0.05) is 0 Å². The normalized spacial score (nSPS) is 45.0. The number of hydrogen-bond donors (Lipinski definition) is 0. The Hall–Kier alpha value is 0.270. The molecule has 2 nitrogen and oxygen atoms in total. The van der Waals surface area contributed by atoms with E-state index in [0.717, 1.165) is 0 Å². The van der Waals surface area contributed by atoms with E-state index in [1.165, 1.54) is 0 Å². The van der Waals surface area contributed by atoms with E-state index in [9.17, 15) is 0 Å². The van der Waals surface area contributed by atoms with Crippen LogP contribution < -0.4 is 0 Å². The molecule has 0 amide bonds. The highest BCUT2D eigenvalue weighted by Crippen LogP contribution is 2.27. The molecular formula is C6H12O2S. The first kappa shape index (κ1) is 7.38. The first-order valence-electron chi connectivity index (χ1n) is 3.15. The van der Waals surface area contributed by atoms with Gasteiger partial charge >= 0.3 is 0 Å². The van der Waals surface area contributed by atoms with Crippen LogP contribution in [0.4, 0.5) is 0 Å². The second kappa shape index (κ2) is 2.90. The molecule has 1 aliphatic heterocycles. The van der Waals surface area contributed by atoms with E-state index in [2.05, 4.69) is 0 Å². The fourth-order valence-corrected chi connectivity index (χ4v) is 1.89. The summed E-state index contributed by atoms with van der Waals surface area (Å²) in [5.41, 5.74) is 0.562. The van der Waals surface area contributed by atoms with E-state index < -0.39 is 0 Å². The van der Waals surface area contributed by atoms with Crippen molar-refractivity contribution < 1.29 is 9.47 Å². The lowest BCUT2D eigenvalue weighted by molar-refractivity contribution is -0.154. The van der Waals surface area contributed by atoms with Gasteiger partial charge in [0.05, 0.1) is 0 Å². The molecule has 0 saturated carbocycles. The van der Waals surface area contributed by atoms with Crippen LogP contribution in [0.15, 0.2) is 0 Å². The quantitative estimate of drug-likeness (QED) is 0.522. The van der Waals surface area contributed by atoms with E-state index in [1.54, 1.807) is 11.8 Å². The average molecular weight is 148 g/mol. The molecule has 54 valence electrons. The van der Waals surface area contributed by atoms with Crippen LogP contribution in [0, 0.1) is 0 Å². The molecule has 2 atom stereocenters. The SMILES string of the molecule is CC1OC(C)SC(C)O1. The molecule has 0 aromatic carbocycles. The summed E-state index contributed by atoms with van der Waals surface area (Å²) in [5.74, 6) is 0. The predicted octanol–water partition coefficient (Wildman–Crippen LogP) is 1.80. The van der Waals surface area contributed by atoms with Crippen LogP contribution in [0.3, 0.4) is 0 Å². The van der Waals surface area contributed by atoms with Gasteiger partial charge in [0.25, 0.3) is 0 Å². The van der Waals surface area contributed by atoms with Crippen molar-refractivity contribution in [3.05, 3.63) is 0 Å². The summed E-state index contributed by atoms with van der Waals surface area (Å²) in [6, 6.07) is 0. The summed E-state index contributed by atoms with van der Waals surface area (Å²) in [6.07, 6.45) is -0.0313. The van der Waals surface area contributed by atoms with Crippen molar-refractivity contribution >= 4 is 11.8 Å². The molecule has 3 heteroatoms. The fourth-order valence-electron chi connectivity index (χ4n) is 0.906. The third-order valence-electron chi connectivity index (χ3n) is 1.15. The number of hydrogen-bond acceptors (Lipinski definition) is 3. The number of rotatable bonds is 0. The Morgan fingerprint density at radius 1 is 1.00 bits per heavy atom. The molecule has 0 aromatic heterocycles. The first-order valence-corrected chi connectivity index (χ1v) is 4.09. The van der Waals surface area contributed by atoms with Gasteiger partial charge in [0.2, 0.25) is 0 Å². The van der Waals surface area contributed by atoms with Crippen molar-refractivity contribution in [2.45, 2.75) is 37.9 Å². The van der Waals surface area contributed by atoms with Gasteiger partial charge in [-0.15, -0.1) is 0 Å². The molecule has 0 aromatic rings. The van der Waals surface area contributed by atoms with Crippen LogP contribution in [-0.2, 0) is 9.47 Å². The minimum Gasteiger partial charge on any atom is -0.339 e. The Morgan fingerprint density at radius 2 is 1.44 bits per heavy atom. The molecule has 0 radical (unpaired) electrons. The number of thioether (sulfide) groups is 1. The Balaban J connectivity index is 2.34. The van der Waals surface area contributed by atoms with Gasteiger partial charge < -0.3 is 9.47 Å². The fraction of sp³-hybridized carbons (Fsp3) is 1.00. The summed E-state index contributed by atoms with van der Waals surface area (Å²) in [7, 11) is 0. The minimum absolute atomic E-state index is 0.0313. The Morgan fingerprint density at radius 3 is 1.78 bits per heavy atom. The van der Waals surface area contributed by atoms with Crippen LogP contribution in [0.2, 0.25) is 0 Å². The highest BCUT2D eigenvalue weighted by Gasteiger charge is 2.21. The molecule has 1 saturated heterocycles. The molecule has 1 heterocycles. The second-order valence-corrected chi connectivity index (χ2v) is 3.71. The summed E-state index contributed by atoms with van der Waals surface area (Å²) in [6.45, 7) is 6.01. The number of ether oxygens (including phenoxy) is 2. The van der Waals surface area contributed by atoms with Crippen molar-refractivity contribution in [3.63, 3.8) is 0 Å². The van der Waals surface area contributed by atoms with Crippen molar-refractivity contribution in [2.24, 2.45) is 0 Å². The Bertz CT molecular complexity index is 72.0. The Labute approximate surface area is 59.9 Å². The lowest BCUT2D eigenvalue weighted by atomic mass is 10.7. The average Bonchev–Trinajstić information content (AvgIpc) is 1.59. The first-order chi connectivity index (χ1) is 4.18. The van der Waals surface area contributed by atoms with Crippen molar-refractivity contribution in [3.8, 4) is 0 Å². The van der Waals surface area contributed by atoms with Gasteiger partial charge in [-0.3, -0.25) is 0 Å². The van der Waals surface area contributed by atoms with Crippen molar-refractivity contribution in [1.29, 1.82) is 0 Å². The molecular weight excluding hydrogens is 136 g/mol. The van der Waals surface area contributed by atoms with Gasteiger partial charge in [-0.25, -0.2) is 0 Å². The highest BCUT2D eigenvalue weighted by atomic mass is 32.2. The third kappa shape index (κ3) is 2.16. The minimum atomic E-state index is -0.0313. The molecule has 0 aliphatic carbocycles. The van der Waals surface area contributed by atoms with Crippen LogP contribution in [0.5, 0.6) is 0 Å². The van der Waals surface area contributed by atoms with Crippen LogP contribution >= 0.6 is 11.8 Å². The van der Waals surface area contributed by atoms with E-state index in [0.29, 0.717) is 0 Å². The van der Waals surface area contributed by atoms with E-state index in [1.807, 2.05) is 20.8 Å². The monoisotopic (exact) mass is 148 g/mol. The standard InChI is InChI=1S/C6H12O2S/c1-4-7-5(2)9-6(3)8-4/h4-6H,1-3H3. The van der Waals surface area contributed by atoms with Crippen molar-refractivity contribution in [2.75, 3.05) is 0 Å².